The Kier molecular flexibility index (Phi) is 88.5. The summed E-state index contributed by atoms with van der Waals surface area (Å²) in [5, 5.41) is 14.1. The molecule has 0 aliphatic rings. The summed E-state index contributed by atoms with van der Waals surface area (Å²) in [5.41, 5.74) is 3.44. The van der Waals surface area contributed by atoms with Gasteiger partial charge in [0, 0.05) is 642 Å². The Bertz CT molecular complexity index is 8650. The fourth-order valence-electron chi connectivity index (χ4n) is 7.22. The van der Waals surface area contributed by atoms with Crippen LogP contribution in [0.15, 0.2) is 133 Å². The van der Waals surface area contributed by atoms with Crippen molar-refractivity contribution < 1.29 is 28.9 Å². The molecule has 2 aromatic heterocycles. The summed E-state index contributed by atoms with van der Waals surface area (Å²) in [6, 6.07) is 39.4. The van der Waals surface area contributed by atoms with Crippen LogP contribution in [0.3, 0.4) is 0 Å². The standard InChI is InChI=1S/C23H16Cl3NO3.C22H14Cl3NO3.CH4.S68/c1-29-23(28)21-22(30-16-5-3-2-4-6-16)17-12-15(24)8-10-20(17)27(21)13-14-7-9-18(25)19(26)11-14;23-14-7-9-19-16(11-14)21(29-15-4-2-1-3-5-15)20(22(27)28)26(19)12-13-6-8-17(24)18(25)10-13;;1-3-5-7-9-11-13-15-17-19-21-23-25-27-29-31-33-35-37-39-41-43-45-47-49-51-53-55-57-59-61-63-65-67-68-66-64-62-60-58-56-54-52-50-48-46-44-42-40-38-36-34-32-30-28-26-24-22-20-18-16-14-12-10-8-6-4-2/h2-12H,13H2,1H3;1-11H,12H2,(H,27,28);1H4;. The van der Waals surface area contributed by atoms with E-state index in [4.69, 9.17) is 106 Å². The molecule has 2 heterocycles. The largest absolute Gasteiger partial charge is 0.476 e. The highest BCUT2D eigenvalue weighted by Crippen LogP contribution is 2.41. The first kappa shape index (κ1) is 128. The van der Waals surface area contributed by atoms with E-state index in [9.17, 15) is 14.7 Å². The Hall–Kier alpha value is 9.64. The van der Waals surface area contributed by atoms with Gasteiger partial charge in [0.15, 0.2) is 22.9 Å². The maximum Gasteiger partial charge on any atom is 0.358 e. The Morgan fingerprint density at radius 3 is 0.719 bits per heavy atom. The van der Waals surface area contributed by atoms with E-state index < -0.39 is 11.9 Å². The number of carboxylic acid groups (broad SMARTS) is 1. The van der Waals surface area contributed by atoms with Crippen molar-refractivity contribution in [3.63, 3.8) is 0 Å². The van der Waals surface area contributed by atoms with E-state index in [0.717, 1.165) is 16.6 Å². The number of ether oxygens (including phenoxy) is 3. The molecule has 0 radical (unpaired) electrons. The number of aromatic nitrogens is 2. The van der Waals surface area contributed by atoms with Gasteiger partial charge < -0.3 is 28.5 Å². The monoisotopic (exact) mass is 3090 g/mol. The molecule has 0 bridgehead atoms. The lowest BCUT2D eigenvalue weighted by Gasteiger charge is -2.12. The highest BCUT2D eigenvalue weighted by atomic mass is 35.5. The van der Waals surface area contributed by atoms with Gasteiger partial charge in [-0.15, -0.1) is 0 Å². The first-order chi connectivity index (χ1) is 62.3. The molecular formula is C46H34Cl6N2O6S68. The average Bonchev–Trinajstić information content (AvgIpc) is 1.61. The minimum absolute atomic E-state index is 0. The van der Waals surface area contributed by atoms with Crippen molar-refractivity contribution in [1.82, 2.24) is 9.13 Å². The molecule has 0 amide bonds. The molecule has 0 fully saturated rings. The smallest absolute Gasteiger partial charge is 0.358 e. The van der Waals surface area contributed by atoms with Crippen LogP contribution in [0.4, 0.5) is 0 Å². The lowest BCUT2D eigenvalue weighted by Crippen LogP contribution is -2.12. The number of fused-ring (bicyclic) bond motifs is 2. The van der Waals surface area contributed by atoms with E-state index >= 15 is 0 Å². The van der Waals surface area contributed by atoms with E-state index in [2.05, 4.69) is 0 Å². The zero-order chi connectivity index (χ0) is 90.5. The molecule has 128 heavy (non-hydrogen) atoms. The number of methoxy groups -OCH3 is 1. The second-order valence-corrected chi connectivity index (χ2v) is 137. The third kappa shape index (κ3) is 61.1. The topological polar surface area (TPSA) is 91.9 Å². The molecule has 82 heteroatoms. The van der Waals surface area contributed by atoms with Crippen LogP contribution in [0, 0.1) is 0 Å². The molecule has 8 rings (SSSR count). The number of rotatable bonds is 10. The van der Waals surface area contributed by atoms with Gasteiger partial charge in [-0.2, -0.15) is 0 Å². The van der Waals surface area contributed by atoms with Crippen molar-refractivity contribution in [3.05, 3.63) is 186 Å². The fraction of sp³-hybridized carbons (Fsp3) is 0.0870. The van der Waals surface area contributed by atoms with Gasteiger partial charge >= 0.3 is 11.9 Å². The van der Waals surface area contributed by atoms with Gasteiger partial charge in [-0.1, -0.05) is 126 Å². The van der Waals surface area contributed by atoms with Crippen LogP contribution in [0.25, 0.3) is 21.8 Å². The normalized spacial score (nSPS) is 9.21. The number of aromatic carboxylic acids is 1. The van der Waals surface area contributed by atoms with Gasteiger partial charge in [0.25, 0.3) is 0 Å². The van der Waals surface area contributed by atoms with Crippen LogP contribution >= 0.6 is 69.6 Å². The molecule has 0 atom stereocenters. The molecule has 1 N–H and O–H groups in total. The molecule has 8 nitrogen and oxygen atoms in total. The summed E-state index contributed by atoms with van der Waals surface area (Å²) >= 11 is 46.5. The number of carbonyl (C=O) groups excluding carboxylic acids is 1. The molecule has 714 valence electrons. The number of benzene rings is 6. The molecular weight excluding hydrogens is 3070 g/mol. The van der Waals surface area contributed by atoms with Gasteiger partial charge in [0.1, 0.15) is 11.5 Å². The van der Waals surface area contributed by atoms with E-state index in [1.807, 2.05) is 527 Å². The number of nitrogens with zero attached hydrogens (tertiary/aromatic N) is 2. The van der Waals surface area contributed by atoms with Crippen molar-refractivity contribution in [2.24, 2.45) is 0 Å². The third-order valence-corrected chi connectivity index (χ3v) is 157. The van der Waals surface area contributed by atoms with E-state index in [1.165, 1.54) is 24.9 Å². The van der Waals surface area contributed by atoms with E-state index in [0.29, 0.717) is 70.2 Å². The van der Waals surface area contributed by atoms with Crippen molar-refractivity contribution in [1.29, 1.82) is 0 Å². The van der Waals surface area contributed by atoms with Crippen LogP contribution < -0.4 is 9.47 Å². The Labute approximate surface area is 963 Å². The van der Waals surface area contributed by atoms with Gasteiger partial charge in [-0.25, -0.2) is 9.59 Å². The first-order valence-electron chi connectivity index (χ1n) is 28.9. The summed E-state index contributed by atoms with van der Waals surface area (Å²) in [4.78, 5) is 25.0. The molecule has 0 saturated carbocycles. The second kappa shape index (κ2) is 88.4. The number of para-hydroxylation sites is 2. The highest BCUT2D eigenvalue weighted by Gasteiger charge is 2.27. The number of hydrogen-bond donors (Lipinski definition) is 1. The minimum Gasteiger partial charge on any atom is -0.476 e. The summed E-state index contributed by atoms with van der Waals surface area (Å²) in [6.07, 6.45) is 0. The van der Waals surface area contributed by atoms with Gasteiger partial charge in [-0.3, -0.25) is 0 Å². The average molecular weight is 3100 g/mol. The Balaban J connectivity index is 0.000000391. The molecule has 0 aliphatic heterocycles. The fourth-order valence-corrected chi connectivity index (χ4v) is 184. The zero-order valence-corrected chi connectivity index (χ0v) is 119. The minimum atomic E-state index is -1.11. The van der Waals surface area contributed by atoms with Gasteiger partial charge in [0.2, 0.25) is 0 Å². The quantitative estimate of drug-likeness (QED) is 0.135. The van der Waals surface area contributed by atoms with Crippen LogP contribution in [0.2, 0.25) is 30.1 Å². The summed E-state index contributed by atoms with van der Waals surface area (Å²) < 4.78 is 20.7. The molecule has 0 saturated heterocycles. The van der Waals surface area contributed by atoms with E-state index in [-0.39, 0.29) is 31.1 Å². The third-order valence-electron chi connectivity index (χ3n) is 10.9. The predicted octanol–water partition coefficient (Wildman–Crippen LogP) is 14.8. The molecule has 6 aromatic carbocycles. The lowest BCUT2D eigenvalue weighted by atomic mass is 10.2. The maximum absolute atomic E-state index is 12.8. The molecule has 8 aromatic rings. The lowest BCUT2D eigenvalue weighted by molar-refractivity contribution is 0.0585. The predicted molar refractivity (Wildman–Crippen MR) is 744 cm³/mol. The van der Waals surface area contributed by atoms with Crippen LogP contribution in [-0.2, 0) is 626 Å². The number of hydrogen-bond acceptors (Lipinski definition) is 7. The maximum atomic E-state index is 12.8. The Morgan fingerprint density at radius 1 is 0.289 bits per heavy atom. The van der Waals surface area contributed by atoms with E-state index in [1.54, 1.807) is 184 Å². The van der Waals surface area contributed by atoms with Gasteiger partial charge in [0.05, 0.1) is 38.2 Å². The van der Waals surface area contributed by atoms with Gasteiger partial charge in [-0.05, 0) is 96.1 Å². The summed E-state index contributed by atoms with van der Waals surface area (Å²) in [7, 11) is 120. The van der Waals surface area contributed by atoms with Crippen LogP contribution in [0.5, 0.6) is 23.0 Å². The summed E-state index contributed by atoms with van der Waals surface area (Å²) in [5.74, 6) is 0.114. The Morgan fingerprint density at radius 2 is 0.508 bits per heavy atom. The molecule has 0 aliphatic carbocycles. The van der Waals surface area contributed by atoms with Crippen molar-refractivity contribution in [2.75, 3.05) is 7.11 Å². The molecule has 0 spiro atoms. The van der Waals surface area contributed by atoms with Crippen LogP contribution in [0.1, 0.15) is 39.5 Å². The number of carboxylic acids is 1. The second-order valence-electron chi connectivity index (χ2n) is 17.5. The molecule has 0 unspecified atom stereocenters. The zero-order valence-electron chi connectivity index (χ0n) is 58.5. The number of carbonyl (C=O) groups is 2. The van der Waals surface area contributed by atoms with Crippen molar-refractivity contribution in [3.8, 4) is 23.0 Å². The first-order valence-corrected chi connectivity index (χ1v) is 120. The van der Waals surface area contributed by atoms with Crippen molar-refractivity contribution >= 4 is 712 Å². The van der Waals surface area contributed by atoms with Crippen molar-refractivity contribution in [2.45, 2.75) is 20.5 Å². The summed E-state index contributed by atoms with van der Waals surface area (Å²) in [6.45, 7) is 0.631. The SMILES string of the molecule is C.COC(=O)c1c(Oc2ccccc2)c2cc(Cl)ccc2n1Cc1ccc(Cl)c(Cl)c1.O=C(O)c1c(Oc2ccccc2)c2cc(Cl)ccc2n1Cc1ccc(Cl)c(Cl)c1.S=S=S=S=S=S=S=S=S=S=S=S=S=S=S=S=S=S=S=S=S=S=S=S=S=S=S=S=S=S=S=S=S=S=S=S=S=S=S=S=S=S=S=S=S=S=S=S=S=S=S=S=S=S=S=S=S=S=S=S=S=S=S=S=S=S=S=S. The highest BCUT2D eigenvalue weighted by molar-refractivity contribution is 8.84. The number of halogens is 6. The van der Waals surface area contributed by atoms with Crippen LogP contribution in [-0.4, -0.2) is 33.3 Å². The number of esters is 1.